The Morgan fingerprint density at radius 3 is 2.62 bits per heavy atom. The van der Waals surface area contributed by atoms with Crippen LogP contribution in [0.1, 0.15) is 12.8 Å². The molecule has 2 heterocycles. The van der Waals surface area contributed by atoms with Crippen LogP contribution in [0, 0.1) is 0 Å². The molecule has 0 radical (unpaired) electrons. The highest BCUT2D eigenvalue weighted by molar-refractivity contribution is 6.30. The molecular formula is C17H19ClN4O4. The number of benzene rings is 1. The van der Waals surface area contributed by atoms with E-state index in [9.17, 15) is 19.2 Å². The summed E-state index contributed by atoms with van der Waals surface area (Å²) in [6.45, 7) is -0.000513. The maximum Gasteiger partial charge on any atom is 0.327 e. The molecule has 3 rings (SSSR count). The minimum atomic E-state index is -0.473. The molecule has 1 aromatic carbocycles. The van der Waals surface area contributed by atoms with Gasteiger partial charge in [-0.25, -0.2) is 4.79 Å². The monoisotopic (exact) mass is 378 g/mol. The Balaban J connectivity index is 1.53. The summed E-state index contributed by atoms with van der Waals surface area (Å²) in [5.41, 5.74) is 0.561. The summed E-state index contributed by atoms with van der Waals surface area (Å²) in [5, 5.41) is 3.20. The summed E-state index contributed by atoms with van der Waals surface area (Å²) < 4.78 is 0. The lowest BCUT2D eigenvalue weighted by atomic mass is 10.2. The number of carbonyl (C=O) groups is 4. The first-order valence-corrected chi connectivity index (χ1v) is 8.66. The number of likely N-dealkylation sites (N-methyl/N-ethyl adjacent to an activating group) is 1. The molecule has 2 aliphatic heterocycles. The van der Waals surface area contributed by atoms with Crippen LogP contribution in [0.4, 0.5) is 10.5 Å². The van der Waals surface area contributed by atoms with Gasteiger partial charge in [0.2, 0.25) is 11.8 Å². The smallest absolute Gasteiger partial charge is 0.327 e. The number of rotatable bonds is 5. The van der Waals surface area contributed by atoms with Gasteiger partial charge in [0, 0.05) is 24.3 Å². The van der Waals surface area contributed by atoms with E-state index < -0.39 is 18.0 Å². The number of nitrogens with one attached hydrogen (secondary N) is 1. The molecule has 0 saturated carbocycles. The number of anilines is 1. The van der Waals surface area contributed by atoms with E-state index in [4.69, 9.17) is 11.6 Å². The van der Waals surface area contributed by atoms with E-state index in [1.54, 1.807) is 24.3 Å². The zero-order chi connectivity index (χ0) is 18.8. The van der Waals surface area contributed by atoms with Crippen molar-refractivity contribution in [2.75, 3.05) is 32.0 Å². The topological polar surface area (TPSA) is 90.0 Å². The van der Waals surface area contributed by atoms with Gasteiger partial charge in [-0.2, -0.15) is 0 Å². The van der Waals surface area contributed by atoms with Crippen molar-refractivity contribution in [3.05, 3.63) is 29.3 Å². The van der Waals surface area contributed by atoms with Gasteiger partial charge in [-0.3, -0.25) is 19.3 Å². The van der Waals surface area contributed by atoms with E-state index >= 15 is 0 Å². The maximum absolute atomic E-state index is 12.3. The standard InChI is InChI=1S/C17H19ClN4O4/c1-20(9-14(23)19-12-6-4-11(18)5-7-12)15(24)10-22-16(25)13-3-2-8-21(13)17(22)26/h4-7,13H,2-3,8-10H2,1H3,(H,19,23)/t13-/m0/s1. The number of nitrogens with zero attached hydrogens (tertiary/aromatic N) is 3. The molecule has 2 fully saturated rings. The number of carbonyl (C=O) groups excluding carboxylic acids is 4. The van der Waals surface area contributed by atoms with E-state index in [1.807, 2.05) is 0 Å². The third-order valence-corrected chi connectivity index (χ3v) is 4.76. The second kappa shape index (κ2) is 7.33. The van der Waals surface area contributed by atoms with E-state index in [-0.39, 0.29) is 24.9 Å². The average Bonchev–Trinajstić information content (AvgIpc) is 3.16. The van der Waals surface area contributed by atoms with Crippen molar-refractivity contribution in [3.63, 3.8) is 0 Å². The third kappa shape index (κ3) is 3.65. The van der Waals surface area contributed by atoms with Gasteiger partial charge in [0.1, 0.15) is 12.6 Å². The quantitative estimate of drug-likeness (QED) is 0.778. The summed E-state index contributed by atoms with van der Waals surface area (Å²) in [4.78, 5) is 52.5. The molecule has 26 heavy (non-hydrogen) atoms. The summed E-state index contributed by atoms with van der Waals surface area (Å²) >= 11 is 5.79. The van der Waals surface area contributed by atoms with Crippen LogP contribution in [0.15, 0.2) is 24.3 Å². The van der Waals surface area contributed by atoms with Gasteiger partial charge in [-0.1, -0.05) is 11.6 Å². The lowest BCUT2D eigenvalue weighted by Crippen LogP contribution is -2.44. The Hall–Kier alpha value is -2.61. The van der Waals surface area contributed by atoms with Crippen LogP contribution in [0.25, 0.3) is 0 Å². The SMILES string of the molecule is CN(CC(=O)Nc1ccc(Cl)cc1)C(=O)CN1C(=O)[C@@H]2CCCN2C1=O. The summed E-state index contributed by atoms with van der Waals surface area (Å²) in [6, 6.07) is 5.72. The van der Waals surface area contributed by atoms with Crippen LogP contribution < -0.4 is 5.32 Å². The zero-order valence-corrected chi connectivity index (χ0v) is 15.0. The molecule has 9 heteroatoms. The van der Waals surface area contributed by atoms with Crippen molar-refractivity contribution in [1.29, 1.82) is 0 Å². The fraction of sp³-hybridized carbons (Fsp3) is 0.412. The van der Waals surface area contributed by atoms with Crippen molar-refractivity contribution >= 4 is 41.0 Å². The Kier molecular flexibility index (Phi) is 5.13. The fourth-order valence-corrected chi connectivity index (χ4v) is 3.25. The first-order valence-electron chi connectivity index (χ1n) is 8.28. The van der Waals surface area contributed by atoms with Gasteiger partial charge in [0.05, 0.1) is 6.54 Å². The minimum absolute atomic E-state index is 0.190. The van der Waals surface area contributed by atoms with Gasteiger partial charge in [0.15, 0.2) is 0 Å². The molecule has 8 nitrogen and oxygen atoms in total. The maximum atomic E-state index is 12.3. The first-order chi connectivity index (χ1) is 12.4. The molecule has 1 atom stereocenters. The Morgan fingerprint density at radius 1 is 1.27 bits per heavy atom. The van der Waals surface area contributed by atoms with Crippen molar-refractivity contribution in [2.45, 2.75) is 18.9 Å². The van der Waals surface area contributed by atoms with E-state index in [0.717, 1.165) is 11.3 Å². The minimum Gasteiger partial charge on any atom is -0.335 e. The van der Waals surface area contributed by atoms with Gasteiger partial charge in [-0.05, 0) is 37.1 Å². The highest BCUT2D eigenvalue weighted by atomic mass is 35.5. The van der Waals surface area contributed by atoms with Crippen LogP contribution in [0.2, 0.25) is 5.02 Å². The van der Waals surface area contributed by atoms with Gasteiger partial charge >= 0.3 is 6.03 Å². The van der Waals surface area contributed by atoms with E-state index in [1.165, 1.54) is 16.8 Å². The van der Waals surface area contributed by atoms with Crippen molar-refractivity contribution in [2.24, 2.45) is 0 Å². The molecule has 5 amide bonds. The zero-order valence-electron chi connectivity index (χ0n) is 14.3. The fourth-order valence-electron chi connectivity index (χ4n) is 3.12. The number of halogens is 1. The number of urea groups is 1. The third-order valence-electron chi connectivity index (χ3n) is 4.51. The Bertz CT molecular complexity index is 730. The van der Waals surface area contributed by atoms with Gasteiger partial charge in [0.25, 0.3) is 5.91 Å². The van der Waals surface area contributed by atoms with Crippen molar-refractivity contribution < 1.29 is 19.2 Å². The van der Waals surface area contributed by atoms with Crippen LogP contribution in [-0.2, 0) is 14.4 Å². The predicted molar refractivity (Wildman–Crippen MR) is 94.6 cm³/mol. The average molecular weight is 379 g/mol. The van der Waals surface area contributed by atoms with Gasteiger partial charge < -0.3 is 15.1 Å². The molecule has 138 valence electrons. The molecule has 1 N–H and O–H groups in total. The number of hydrogen-bond donors (Lipinski definition) is 1. The highest BCUT2D eigenvalue weighted by Gasteiger charge is 2.47. The second-order valence-electron chi connectivity index (χ2n) is 6.36. The second-order valence-corrected chi connectivity index (χ2v) is 6.80. The summed E-state index contributed by atoms with van der Waals surface area (Å²) in [6.07, 6.45) is 1.43. The highest BCUT2D eigenvalue weighted by Crippen LogP contribution is 2.27. The van der Waals surface area contributed by atoms with Crippen LogP contribution in [0.5, 0.6) is 0 Å². The number of hydrogen-bond acceptors (Lipinski definition) is 4. The molecule has 0 bridgehead atoms. The lowest BCUT2D eigenvalue weighted by Gasteiger charge is -2.20. The van der Waals surface area contributed by atoms with Crippen LogP contribution >= 0.6 is 11.6 Å². The lowest BCUT2D eigenvalue weighted by molar-refractivity contribution is -0.137. The molecule has 1 aromatic rings. The molecule has 0 aliphatic carbocycles. The van der Waals surface area contributed by atoms with Crippen LogP contribution in [-0.4, -0.2) is 71.2 Å². The predicted octanol–water partition coefficient (Wildman–Crippen LogP) is 1.16. The van der Waals surface area contributed by atoms with Crippen molar-refractivity contribution in [3.8, 4) is 0 Å². The number of imide groups is 1. The molecule has 2 aliphatic rings. The van der Waals surface area contributed by atoms with E-state index in [0.29, 0.717) is 23.7 Å². The van der Waals surface area contributed by atoms with Crippen molar-refractivity contribution in [1.82, 2.24) is 14.7 Å². The van der Waals surface area contributed by atoms with Crippen LogP contribution in [0.3, 0.4) is 0 Å². The number of fused-ring (bicyclic) bond motifs is 1. The Morgan fingerprint density at radius 2 is 1.96 bits per heavy atom. The molecular weight excluding hydrogens is 360 g/mol. The number of amides is 5. The van der Waals surface area contributed by atoms with Gasteiger partial charge in [-0.15, -0.1) is 0 Å². The molecule has 0 unspecified atom stereocenters. The summed E-state index contributed by atoms with van der Waals surface area (Å²) in [7, 11) is 1.45. The molecule has 0 aromatic heterocycles. The molecule has 2 saturated heterocycles. The normalized spacial score (nSPS) is 18.9. The first kappa shape index (κ1) is 18.2. The largest absolute Gasteiger partial charge is 0.335 e. The Labute approximate surface area is 155 Å². The summed E-state index contributed by atoms with van der Waals surface area (Å²) in [5.74, 6) is -1.19. The molecule has 0 spiro atoms. The van der Waals surface area contributed by atoms with E-state index in [2.05, 4.69) is 5.32 Å².